The number of nitrogens with one attached hydrogen (secondary N) is 1. The van der Waals surface area contributed by atoms with Gasteiger partial charge in [-0.1, -0.05) is 30.1 Å². The Morgan fingerprint density at radius 1 is 1.12 bits per heavy atom. The molecule has 2 aromatic rings. The lowest BCUT2D eigenvalue weighted by Crippen LogP contribution is -2.46. The second-order valence-corrected chi connectivity index (χ2v) is 6.62. The fourth-order valence-electron chi connectivity index (χ4n) is 2.69. The first kappa shape index (κ1) is 17.9. The molecule has 2 heterocycles. The van der Waals surface area contributed by atoms with E-state index in [1.54, 1.807) is 24.3 Å². The van der Waals surface area contributed by atoms with Gasteiger partial charge in [0.1, 0.15) is 0 Å². The van der Waals surface area contributed by atoms with Crippen LogP contribution < -0.4 is 10.2 Å². The molecule has 1 saturated heterocycles. The third kappa shape index (κ3) is 4.39. The number of likely N-dealkylation sites (N-methyl/N-ethyl adjacent to an activating group) is 1. The quantitative estimate of drug-likeness (QED) is 0.883. The van der Waals surface area contributed by atoms with E-state index in [1.165, 1.54) is 0 Å². The predicted molar refractivity (Wildman–Crippen MR) is 101 cm³/mol. The van der Waals surface area contributed by atoms with Gasteiger partial charge in [-0.2, -0.15) is 0 Å². The number of anilines is 2. The van der Waals surface area contributed by atoms with Crippen molar-refractivity contribution in [1.29, 1.82) is 0 Å². The fourth-order valence-corrected chi connectivity index (χ4v) is 3.02. The Morgan fingerprint density at radius 2 is 1.88 bits per heavy atom. The first-order chi connectivity index (χ1) is 12.1. The zero-order valence-electron chi connectivity index (χ0n) is 13.9. The Balaban J connectivity index is 1.66. The minimum Gasteiger partial charge on any atom is -0.353 e. The Morgan fingerprint density at radius 3 is 2.52 bits per heavy atom. The van der Waals surface area contributed by atoms with E-state index in [2.05, 4.69) is 32.2 Å². The Labute approximate surface area is 156 Å². The first-order valence-corrected chi connectivity index (χ1v) is 8.90. The molecule has 1 amide bonds. The zero-order chi connectivity index (χ0) is 17.8. The van der Waals surface area contributed by atoms with Gasteiger partial charge in [0, 0.05) is 31.2 Å². The normalized spacial score (nSPS) is 15.2. The number of nitrogens with zero attached hydrogens (tertiary/aromatic N) is 4. The topological polar surface area (TPSA) is 61.4 Å². The molecule has 0 spiro atoms. The van der Waals surface area contributed by atoms with Crippen molar-refractivity contribution in [2.45, 2.75) is 6.92 Å². The molecule has 0 aliphatic carbocycles. The highest BCUT2D eigenvalue weighted by molar-refractivity contribution is 6.35. The highest BCUT2D eigenvalue weighted by atomic mass is 35.5. The third-order valence-electron chi connectivity index (χ3n) is 4.20. The summed E-state index contributed by atoms with van der Waals surface area (Å²) in [6, 6.07) is 8.37. The average Bonchev–Trinajstić information content (AvgIpc) is 2.65. The first-order valence-electron chi connectivity index (χ1n) is 8.14. The van der Waals surface area contributed by atoms with Crippen LogP contribution in [0.2, 0.25) is 10.0 Å². The largest absolute Gasteiger partial charge is 0.353 e. The van der Waals surface area contributed by atoms with Crippen molar-refractivity contribution in [3.8, 4) is 0 Å². The van der Waals surface area contributed by atoms with Gasteiger partial charge in [0.25, 0.3) is 5.91 Å². The number of carbonyl (C=O) groups excluding carboxylic acids is 1. The van der Waals surface area contributed by atoms with Crippen LogP contribution in [0.25, 0.3) is 0 Å². The molecular formula is C17H19Cl2N5O. The van der Waals surface area contributed by atoms with E-state index in [0.29, 0.717) is 15.7 Å². The number of amides is 1. The molecule has 1 fully saturated rings. The van der Waals surface area contributed by atoms with Crippen LogP contribution in [0.5, 0.6) is 0 Å². The van der Waals surface area contributed by atoms with E-state index >= 15 is 0 Å². The summed E-state index contributed by atoms with van der Waals surface area (Å²) in [5, 5.41) is 11.8. The summed E-state index contributed by atoms with van der Waals surface area (Å²) in [6.45, 7) is 7.06. The summed E-state index contributed by atoms with van der Waals surface area (Å²) >= 11 is 12.0. The highest BCUT2D eigenvalue weighted by Gasteiger charge is 2.18. The van der Waals surface area contributed by atoms with Gasteiger partial charge in [0.2, 0.25) is 0 Å². The van der Waals surface area contributed by atoms with Crippen LogP contribution in [0.15, 0.2) is 30.3 Å². The lowest BCUT2D eigenvalue weighted by Gasteiger charge is -2.34. The van der Waals surface area contributed by atoms with Gasteiger partial charge < -0.3 is 15.1 Å². The maximum Gasteiger partial charge on any atom is 0.276 e. The molecule has 0 atom stereocenters. The van der Waals surface area contributed by atoms with Crippen LogP contribution in [0.3, 0.4) is 0 Å². The van der Waals surface area contributed by atoms with E-state index < -0.39 is 0 Å². The number of piperazine rings is 1. The van der Waals surface area contributed by atoms with Crippen LogP contribution in [0.4, 0.5) is 11.5 Å². The number of hydrogen-bond donors (Lipinski definition) is 1. The van der Waals surface area contributed by atoms with Crippen molar-refractivity contribution >= 4 is 40.6 Å². The minimum atomic E-state index is -0.376. The fraction of sp³-hybridized carbons (Fsp3) is 0.353. The standard InChI is InChI=1S/C17H19Cl2N5O/c1-2-23-7-9-24(10-8-23)16-6-5-14(21-22-16)17(25)20-15-11-12(18)3-4-13(15)19/h3-6,11H,2,7-10H2,1H3,(H,20,25). The summed E-state index contributed by atoms with van der Waals surface area (Å²) < 4.78 is 0. The van der Waals surface area contributed by atoms with Crippen molar-refractivity contribution in [3.05, 3.63) is 46.1 Å². The molecule has 0 unspecified atom stereocenters. The monoisotopic (exact) mass is 379 g/mol. The number of carbonyl (C=O) groups is 1. The molecule has 0 radical (unpaired) electrons. The van der Waals surface area contributed by atoms with Gasteiger partial charge in [-0.15, -0.1) is 10.2 Å². The van der Waals surface area contributed by atoms with Crippen molar-refractivity contribution in [1.82, 2.24) is 15.1 Å². The molecule has 8 heteroatoms. The summed E-state index contributed by atoms with van der Waals surface area (Å²) in [4.78, 5) is 16.9. The second kappa shape index (κ2) is 7.99. The van der Waals surface area contributed by atoms with Gasteiger partial charge in [-0.25, -0.2) is 0 Å². The van der Waals surface area contributed by atoms with Gasteiger partial charge in [0.05, 0.1) is 10.7 Å². The van der Waals surface area contributed by atoms with Gasteiger partial charge in [0.15, 0.2) is 11.5 Å². The number of rotatable bonds is 4. The zero-order valence-corrected chi connectivity index (χ0v) is 15.4. The molecule has 3 rings (SSSR count). The number of aromatic nitrogens is 2. The van der Waals surface area contributed by atoms with Crippen LogP contribution in [-0.2, 0) is 0 Å². The van der Waals surface area contributed by atoms with Gasteiger partial charge in [-0.3, -0.25) is 4.79 Å². The summed E-state index contributed by atoms with van der Waals surface area (Å²) in [7, 11) is 0. The molecule has 25 heavy (non-hydrogen) atoms. The smallest absolute Gasteiger partial charge is 0.276 e. The molecule has 1 N–H and O–H groups in total. The van der Waals surface area contributed by atoms with Gasteiger partial charge >= 0.3 is 0 Å². The van der Waals surface area contributed by atoms with Crippen LogP contribution in [0, 0.1) is 0 Å². The van der Waals surface area contributed by atoms with Gasteiger partial charge in [-0.05, 0) is 36.9 Å². The second-order valence-electron chi connectivity index (χ2n) is 5.78. The molecule has 0 bridgehead atoms. The lowest BCUT2D eigenvalue weighted by molar-refractivity contribution is 0.102. The molecule has 1 aromatic heterocycles. The van der Waals surface area contributed by atoms with E-state index in [4.69, 9.17) is 23.2 Å². The van der Waals surface area contributed by atoms with Crippen LogP contribution >= 0.6 is 23.2 Å². The Hall–Kier alpha value is -1.89. The number of hydrogen-bond acceptors (Lipinski definition) is 5. The van der Waals surface area contributed by atoms with E-state index in [0.717, 1.165) is 38.5 Å². The lowest BCUT2D eigenvalue weighted by atomic mass is 10.3. The van der Waals surface area contributed by atoms with Crippen LogP contribution in [-0.4, -0.2) is 53.7 Å². The van der Waals surface area contributed by atoms with Crippen molar-refractivity contribution < 1.29 is 4.79 Å². The van der Waals surface area contributed by atoms with Crippen LogP contribution in [0.1, 0.15) is 17.4 Å². The molecular weight excluding hydrogens is 361 g/mol. The van der Waals surface area contributed by atoms with E-state index in [1.807, 2.05) is 6.07 Å². The summed E-state index contributed by atoms with van der Waals surface area (Å²) in [5.41, 5.74) is 0.674. The molecule has 1 aliphatic heterocycles. The summed E-state index contributed by atoms with van der Waals surface area (Å²) in [6.07, 6.45) is 0. The third-order valence-corrected chi connectivity index (χ3v) is 4.77. The maximum atomic E-state index is 12.3. The van der Waals surface area contributed by atoms with E-state index in [-0.39, 0.29) is 11.6 Å². The van der Waals surface area contributed by atoms with Crippen molar-refractivity contribution in [2.24, 2.45) is 0 Å². The summed E-state index contributed by atoms with van der Waals surface area (Å²) in [5.74, 6) is 0.409. The van der Waals surface area contributed by atoms with Crippen molar-refractivity contribution in [2.75, 3.05) is 42.9 Å². The number of benzene rings is 1. The average molecular weight is 380 g/mol. The highest BCUT2D eigenvalue weighted by Crippen LogP contribution is 2.25. The number of halogens is 2. The van der Waals surface area contributed by atoms with E-state index in [9.17, 15) is 4.79 Å². The molecule has 0 saturated carbocycles. The molecule has 132 valence electrons. The predicted octanol–water partition coefficient (Wildman–Crippen LogP) is 3.18. The molecule has 6 nitrogen and oxygen atoms in total. The SMILES string of the molecule is CCN1CCN(c2ccc(C(=O)Nc3cc(Cl)ccc3Cl)nn2)CC1. The Kier molecular flexibility index (Phi) is 5.73. The maximum absolute atomic E-state index is 12.3. The Bertz CT molecular complexity index is 745. The van der Waals surface area contributed by atoms with Crippen molar-refractivity contribution in [3.63, 3.8) is 0 Å². The minimum absolute atomic E-state index is 0.229. The molecule has 1 aliphatic rings. The molecule has 1 aromatic carbocycles.